The largest absolute Gasteiger partial charge is 0.488 e. The Morgan fingerprint density at radius 2 is 2.04 bits per heavy atom. The van der Waals surface area contributed by atoms with Gasteiger partial charge in [-0.15, -0.1) is 0 Å². The van der Waals surface area contributed by atoms with Crippen LogP contribution in [0.25, 0.3) is 0 Å². The summed E-state index contributed by atoms with van der Waals surface area (Å²) in [6.45, 7) is 6.05. The number of carboxylic acid groups (broad SMARTS) is 1. The molecule has 0 radical (unpaired) electrons. The summed E-state index contributed by atoms with van der Waals surface area (Å²) >= 11 is 0. The number of hydrogen-bond acceptors (Lipinski definition) is 5. The van der Waals surface area contributed by atoms with Gasteiger partial charge in [-0.25, -0.2) is 0 Å². The highest BCUT2D eigenvalue weighted by molar-refractivity contribution is 5.70. The van der Waals surface area contributed by atoms with Crippen LogP contribution < -0.4 is 9.47 Å². The van der Waals surface area contributed by atoms with E-state index in [-0.39, 0.29) is 6.10 Å². The quantitative estimate of drug-likeness (QED) is 0.794. The first kappa shape index (κ1) is 17.6. The molecule has 1 aliphatic rings. The SMILES string of the molecule is CC(C)Oc1ccccc1OCCN1CC[C@H](C(=O)O)[C@H](O)C1. The minimum Gasteiger partial charge on any atom is -0.488 e. The molecule has 128 valence electrons. The van der Waals surface area contributed by atoms with E-state index in [1.807, 2.05) is 43.0 Å². The van der Waals surface area contributed by atoms with Crippen LogP contribution in [0, 0.1) is 5.92 Å². The molecule has 23 heavy (non-hydrogen) atoms. The van der Waals surface area contributed by atoms with Gasteiger partial charge in [-0.2, -0.15) is 0 Å². The number of para-hydroxylation sites is 2. The van der Waals surface area contributed by atoms with Gasteiger partial charge in [0.1, 0.15) is 6.61 Å². The fourth-order valence-electron chi connectivity index (χ4n) is 2.69. The van der Waals surface area contributed by atoms with Gasteiger partial charge in [0.2, 0.25) is 0 Å². The van der Waals surface area contributed by atoms with E-state index in [1.54, 1.807) is 0 Å². The van der Waals surface area contributed by atoms with Crippen molar-refractivity contribution in [2.75, 3.05) is 26.2 Å². The van der Waals surface area contributed by atoms with Crippen LogP contribution in [0.5, 0.6) is 11.5 Å². The Bertz CT molecular complexity index is 519. The monoisotopic (exact) mass is 323 g/mol. The highest BCUT2D eigenvalue weighted by Crippen LogP contribution is 2.27. The number of piperidine rings is 1. The second-order valence-electron chi connectivity index (χ2n) is 6.06. The molecule has 1 heterocycles. The Morgan fingerprint density at radius 3 is 2.65 bits per heavy atom. The Balaban J connectivity index is 1.81. The van der Waals surface area contributed by atoms with Crippen molar-refractivity contribution in [3.63, 3.8) is 0 Å². The van der Waals surface area contributed by atoms with Crippen molar-refractivity contribution < 1.29 is 24.5 Å². The second kappa shape index (κ2) is 8.17. The molecular weight excluding hydrogens is 298 g/mol. The van der Waals surface area contributed by atoms with Gasteiger partial charge in [-0.05, 0) is 38.9 Å². The molecule has 1 aromatic rings. The highest BCUT2D eigenvalue weighted by Gasteiger charge is 2.32. The fraction of sp³-hybridized carbons (Fsp3) is 0.588. The number of carboxylic acids is 1. The van der Waals surface area contributed by atoms with E-state index < -0.39 is 18.0 Å². The third-order valence-electron chi connectivity index (χ3n) is 3.86. The number of β-amino-alcohol motifs (C(OH)–C–C–N with tert-alkyl or cyclic N) is 1. The highest BCUT2D eigenvalue weighted by atomic mass is 16.5. The molecule has 1 saturated heterocycles. The zero-order valence-corrected chi connectivity index (χ0v) is 13.6. The lowest BCUT2D eigenvalue weighted by Crippen LogP contribution is -2.47. The van der Waals surface area contributed by atoms with Gasteiger partial charge in [0.05, 0.1) is 18.1 Å². The van der Waals surface area contributed by atoms with Crippen molar-refractivity contribution >= 4 is 5.97 Å². The maximum absolute atomic E-state index is 11.0. The number of aliphatic hydroxyl groups is 1. The summed E-state index contributed by atoms with van der Waals surface area (Å²) < 4.78 is 11.5. The maximum atomic E-state index is 11.0. The summed E-state index contributed by atoms with van der Waals surface area (Å²) in [5.74, 6) is -0.171. The molecule has 0 bridgehead atoms. The number of carbonyl (C=O) groups is 1. The maximum Gasteiger partial charge on any atom is 0.309 e. The Morgan fingerprint density at radius 1 is 1.35 bits per heavy atom. The lowest BCUT2D eigenvalue weighted by Gasteiger charge is -2.33. The Kier molecular flexibility index (Phi) is 6.24. The molecule has 0 unspecified atom stereocenters. The number of rotatable bonds is 7. The van der Waals surface area contributed by atoms with Crippen molar-refractivity contribution in [1.82, 2.24) is 4.90 Å². The zero-order valence-electron chi connectivity index (χ0n) is 13.6. The summed E-state index contributed by atoms with van der Waals surface area (Å²) in [5.41, 5.74) is 0. The lowest BCUT2D eigenvalue weighted by molar-refractivity contribution is -0.148. The number of benzene rings is 1. The standard InChI is InChI=1S/C17H25NO5/c1-12(2)23-16-6-4-3-5-15(16)22-10-9-18-8-7-13(17(20)21)14(19)11-18/h3-6,12-14,19H,7-11H2,1-2H3,(H,20,21)/t13-,14+/m0/s1. The predicted molar refractivity (Wildman–Crippen MR) is 85.9 cm³/mol. The first-order valence-electron chi connectivity index (χ1n) is 7.99. The first-order chi connectivity index (χ1) is 11.0. The number of ether oxygens (including phenoxy) is 2. The van der Waals surface area contributed by atoms with Gasteiger partial charge >= 0.3 is 5.97 Å². The van der Waals surface area contributed by atoms with Crippen LogP contribution in [-0.2, 0) is 4.79 Å². The molecule has 2 atom stereocenters. The molecule has 0 spiro atoms. The lowest BCUT2D eigenvalue weighted by atomic mass is 9.94. The van der Waals surface area contributed by atoms with Crippen LogP contribution >= 0.6 is 0 Å². The number of nitrogens with zero attached hydrogens (tertiary/aromatic N) is 1. The topological polar surface area (TPSA) is 79.2 Å². The van der Waals surface area contributed by atoms with Crippen LogP contribution in [0.15, 0.2) is 24.3 Å². The summed E-state index contributed by atoms with van der Waals surface area (Å²) in [5, 5.41) is 18.9. The van der Waals surface area contributed by atoms with Crippen molar-refractivity contribution in [2.45, 2.75) is 32.5 Å². The third kappa shape index (κ3) is 5.11. The summed E-state index contributed by atoms with van der Waals surface area (Å²) in [6, 6.07) is 7.53. The van der Waals surface area contributed by atoms with Crippen molar-refractivity contribution in [1.29, 1.82) is 0 Å². The van der Waals surface area contributed by atoms with Gasteiger partial charge in [-0.1, -0.05) is 12.1 Å². The van der Waals surface area contributed by atoms with Crippen LogP contribution in [0.3, 0.4) is 0 Å². The smallest absolute Gasteiger partial charge is 0.309 e. The van der Waals surface area contributed by atoms with Crippen LogP contribution in [0.2, 0.25) is 0 Å². The van der Waals surface area contributed by atoms with Gasteiger partial charge in [0, 0.05) is 13.1 Å². The average molecular weight is 323 g/mol. The van der Waals surface area contributed by atoms with Crippen molar-refractivity contribution in [3.05, 3.63) is 24.3 Å². The molecule has 0 amide bonds. The van der Waals surface area contributed by atoms with Crippen molar-refractivity contribution in [2.24, 2.45) is 5.92 Å². The molecule has 0 saturated carbocycles. The number of aliphatic hydroxyl groups excluding tert-OH is 1. The van der Waals surface area contributed by atoms with Gasteiger partial charge in [-0.3, -0.25) is 9.69 Å². The number of hydrogen-bond donors (Lipinski definition) is 2. The Hall–Kier alpha value is -1.79. The molecule has 2 rings (SSSR count). The first-order valence-corrected chi connectivity index (χ1v) is 7.99. The molecule has 0 aliphatic carbocycles. The molecule has 6 heteroatoms. The van der Waals surface area contributed by atoms with E-state index in [0.717, 1.165) is 0 Å². The fourth-order valence-corrected chi connectivity index (χ4v) is 2.69. The van der Waals surface area contributed by atoms with E-state index in [1.165, 1.54) is 0 Å². The van der Waals surface area contributed by atoms with E-state index in [2.05, 4.69) is 0 Å². The summed E-state index contributed by atoms with van der Waals surface area (Å²) in [6.07, 6.45) is -0.286. The van der Waals surface area contributed by atoms with E-state index in [0.29, 0.717) is 44.2 Å². The molecular formula is C17H25NO5. The number of likely N-dealkylation sites (tertiary alicyclic amines) is 1. The minimum atomic E-state index is -0.923. The predicted octanol–water partition coefficient (Wildman–Crippen LogP) is 1.62. The summed E-state index contributed by atoms with van der Waals surface area (Å²) in [4.78, 5) is 13.0. The second-order valence-corrected chi connectivity index (χ2v) is 6.06. The molecule has 1 aliphatic heterocycles. The minimum absolute atomic E-state index is 0.0740. The summed E-state index contributed by atoms with van der Waals surface area (Å²) in [7, 11) is 0. The molecule has 1 fully saturated rings. The van der Waals surface area contributed by atoms with Crippen molar-refractivity contribution in [3.8, 4) is 11.5 Å². The van der Waals surface area contributed by atoms with Gasteiger partial charge < -0.3 is 19.7 Å². The van der Waals surface area contributed by atoms with Crippen LogP contribution in [0.1, 0.15) is 20.3 Å². The molecule has 0 aromatic heterocycles. The van der Waals surface area contributed by atoms with E-state index in [9.17, 15) is 9.90 Å². The van der Waals surface area contributed by atoms with Crippen LogP contribution in [0.4, 0.5) is 0 Å². The Labute approximate surface area is 136 Å². The molecule has 6 nitrogen and oxygen atoms in total. The van der Waals surface area contributed by atoms with E-state index in [4.69, 9.17) is 14.6 Å². The van der Waals surface area contributed by atoms with Gasteiger partial charge in [0.25, 0.3) is 0 Å². The zero-order chi connectivity index (χ0) is 16.8. The molecule has 2 N–H and O–H groups in total. The normalized spacial score (nSPS) is 22.1. The average Bonchev–Trinajstić information content (AvgIpc) is 2.48. The van der Waals surface area contributed by atoms with Gasteiger partial charge in [0.15, 0.2) is 11.5 Å². The third-order valence-corrected chi connectivity index (χ3v) is 3.86. The van der Waals surface area contributed by atoms with E-state index >= 15 is 0 Å². The molecule has 1 aromatic carbocycles. The van der Waals surface area contributed by atoms with Crippen LogP contribution in [-0.4, -0.2) is 59.5 Å². The number of aliphatic carboxylic acids is 1.